The van der Waals surface area contributed by atoms with Crippen LogP contribution in [0.5, 0.6) is 0 Å². The number of hydrogen-bond donors (Lipinski definition) is 0. The predicted molar refractivity (Wildman–Crippen MR) is 71.6 cm³/mol. The third-order valence-electron chi connectivity index (χ3n) is 2.11. The van der Waals surface area contributed by atoms with E-state index in [4.69, 9.17) is 23.2 Å². The Morgan fingerprint density at radius 2 is 1.69 bits per heavy atom. The molecule has 2 aromatic rings. The molecule has 0 nitrogen and oxygen atoms in total. The van der Waals surface area contributed by atoms with Crippen LogP contribution < -0.4 is 0 Å². The van der Waals surface area contributed by atoms with Crippen LogP contribution in [0.1, 0.15) is 5.56 Å². The molecule has 82 valence electrons. The van der Waals surface area contributed by atoms with Crippen molar-refractivity contribution in [2.24, 2.45) is 0 Å². The topological polar surface area (TPSA) is 0 Å². The standard InChI is InChI=1S/C13H10Cl2S/c14-9-10-4-6-12(7-5-10)16-13-3-1-2-11(15)8-13/h1-8H,9H2. The fourth-order valence-corrected chi connectivity index (χ4v) is 2.62. The Morgan fingerprint density at radius 3 is 2.31 bits per heavy atom. The zero-order valence-corrected chi connectivity index (χ0v) is 10.8. The van der Waals surface area contributed by atoms with Crippen molar-refractivity contribution < 1.29 is 0 Å². The second-order valence-corrected chi connectivity index (χ2v) is 5.19. The molecule has 0 saturated carbocycles. The molecule has 0 atom stereocenters. The highest BCUT2D eigenvalue weighted by atomic mass is 35.5. The Kier molecular flexibility index (Phi) is 4.16. The van der Waals surface area contributed by atoms with Gasteiger partial charge in [0, 0.05) is 20.7 Å². The summed E-state index contributed by atoms with van der Waals surface area (Å²) in [6, 6.07) is 16.1. The van der Waals surface area contributed by atoms with Crippen molar-refractivity contribution in [3.05, 3.63) is 59.1 Å². The SMILES string of the molecule is ClCc1ccc(Sc2cccc(Cl)c2)cc1. The molecule has 0 aromatic heterocycles. The van der Waals surface area contributed by atoms with Crippen LogP contribution in [0.3, 0.4) is 0 Å². The summed E-state index contributed by atoms with van der Waals surface area (Å²) in [6.45, 7) is 0. The van der Waals surface area contributed by atoms with Gasteiger partial charge in [0.05, 0.1) is 0 Å². The Morgan fingerprint density at radius 1 is 0.938 bits per heavy atom. The third kappa shape index (κ3) is 3.18. The van der Waals surface area contributed by atoms with Gasteiger partial charge in [0.2, 0.25) is 0 Å². The molecule has 16 heavy (non-hydrogen) atoms. The minimum atomic E-state index is 0.558. The van der Waals surface area contributed by atoms with Gasteiger partial charge in [0.15, 0.2) is 0 Å². The van der Waals surface area contributed by atoms with Gasteiger partial charge in [0.1, 0.15) is 0 Å². The molecular weight excluding hydrogens is 259 g/mol. The smallest absolute Gasteiger partial charge is 0.0474 e. The van der Waals surface area contributed by atoms with Crippen molar-refractivity contribution in [2.45, 2.75) is 15.7 Å². The highest BCUT2D eigenvalue weighted by molar-refractivity contribution is 7.99. The summed E-state index contributed by atoms with van der Waals surface area (Å²) in [6.07, 6.45) is 0. The first-order valence-electron chi connectivity index (χ1n) is 4.86. The number of halogens is 2. The van der Waals surface area contributed by atoms with Gasteiger partial charge in [-0.05, 0) is 35.9 Å². The van der Waals surface area contributed by atoms with Crippen molar-refractivity contribution >= 4 is 35.0 Å². The van der Waals surface area contributed by atoms with Gasteiger partial charge in [-0.1, -0.05) is 41.6 Å². The van der Waals surface area contributed by atoms with E-state index in [-0.39, 0.29) is 0 Å². The zero-order chi connectivity index (χ0) is 11.4. The van der Waals surface area contributed by atoms with Crippen LogP contribution >= 0.6 is 35.0 Å². The highest BCUT2D eigenvalue weighted by Gasteiger charge is 1.98. The van der Waals surface area contributed by atoms with Crippen molar-refractivity contribution in [2.75, 3.05) is 0 Å². The summed E-state index contributed by atoms with van der Waals surface area (Å²) in [7, 11) is 0. The molecule has 2 aromatic carbocycles. The molecule has 0 heterocycles. The van der Waals surface area contributed by atoms with E-state index in [0.717, 1.165) is 15.5 Å². The van der Waals surface area contributed by atoms with Crippen LogP contribution in [0.15, 0.2) is 58.3 Å². The Bertz CT molecular complexity index is 466. The van der Waals surface area contributed by atoms with Gasteiger partial charge in [0.25, 0.3) is 0 Å². The maximum absolute atomic E-state index is 5.93. The second kappa shape index (κ2) is 5.62. The maximum atomic E-state index is 5.93. The lowest BCUT2D eigenvalue weighted by Crippen LogP contribution is -1.78. The predicted octanol–water partition coefficient (Wildman–Crippen LogP) is 5.23. The molecule has 3 heteroatoms. The lowest BCUT2D eigenvalue weighted by atomic mass is 10.2. The van der Waals surface area contributed by atoms with Gasteiger partial charge in [-0.25, -0.2) is 0 Å². The van der Waals surface area contributed by atoms with Gasteiger partial charge in [-0.15, -0.1) is 11.6 Å². The first-order valence-corrected chi connectivity index (χ1v) is 6.59. The van der Waals surface area contributed by atoms with Crippen LogP contribution in [0.2, 0.25) is 5.02 Å². The van der Waals surface area contributed by atoms with Crippen LogP contribution in [-0.2, 0) is 5.88 Å². The normalized spacial score (nSPS) is 10.4. The molecule has 0 aliphatic rings. The third-order valence-corrected chi connectivity index (χ3v) is 3.65. The Hall–Kier alpha value is -0.630. The van der Waals surface area contributed by atoms with Gasteiger partial charge in [-0.3, -0.25) is 0 Å². The maximum Gasteiger partial charge on any atom is 0.0474 e. The second-order valence-electron chi connectivity index (χ2n) is 3.34. The van der Waals surface area contributed by atoms with E-state index >= 15 is 0 Å². The summed E-state index contributed by atoms with van der Waals surface area (Å²) in [5.41, 5.74) is 1.14. The zero-order valence-electron chi connectivity index (χ0n) is 8.49. The molecule has 0 fully saturated rings. The molecule has 0 spiro atoms. The van der Waals surface area contributed by atoms with E-state index in [1.165, 1.54) is 4.90 Å². The van der Waals surface area contributed by atoms with Crippen LogP contribution in [0, 0.1) is 0 Å². The van der Waals surface area contributed by atoms with Gasteiger partial charge in [-0.2, -0.15) is 0 Å². The van der Waals surface area contributed by atoms with Crippen molar-refractivity contribution in [1.82, 2.24) is 0 Å². The van der Waals surface area contributed by atoms with Crippen molar-refractivity contribution in [3.8, 4) is 0 Å². The van der Waals surface area contributed by atoms with E-state index in [0.29, 0.717) is 5.88 Å². The molecule has 0 saturated heterocycles. The fraction of sp³-hybridized carbons (Fsp3) is 0.0769. The van der Waals surface area contributed by atoms with Crippen LogP contribution in [-0.4, -0.2) is 0 Å². The number of alkyl halides is 1. The molecule has 0 radical (unpaired) electrons. The average molecular weight is 269 g/mol. The van der Waals surface area contributed by atoms with Crippen molar-refractivity contribution in [1.29, 1.82) is 0 Å². The molecule has 0 N–H and O–H groups in total. The Labute approximate surface area is 110 Å². The number of benzene rings is 2. The summed E-state index contributed by atoms with van der Waals surface area (Å²) in [4.78, 5) is 2.34. The minimum Gasteiger partial charge on any atom is -0.122 e. The first-order chi connectivity index (χ1) is 7.78. The summed E-state index contributed by atoms with van der Waals surface area (Å²) in [5, 5.41) is 0.766. The minimum absolute atomic E-state index is 0.558. The summed E-state index contributed by atoms with van der Waals surface area (Å²) in [5.74, 6) is 0.558. The van der Waals surface area contributed by atoms with Gasteiger partial charge >= 0.3 is 0 Å². The van der Waals surface area contributed by atoms with Crippen LogP contribution in [0.25, 0.3) is 0 Å². The first kappa shape index (κ1) is 11.8. The van der Waals surface area contributed by atoms with E-state index in [1.807, 2.05) is 36.4 Å². The van der Waals surface area contributed by atoms with Crippen LogP contribution in [0.4, 0.5) is 0 Å². The lowest BCUT2D eigenvalue weighted by molar-refractivity contribution is 1.33. The molecule has 0 aliphatic carbocycles. The largest absolute Gasteiger partial charge is 0.122 e. The molecule has 0 amide bonds. The molecule has 0 bridgehead atoms. The number of hydrogen-bond acceptors (Lipinski definition) is 1. The molecule has 0 aliphatic heterocycles. The van der Waals surface area contributed by atoms with E-state index in [9.17, 15) is 0 Å². The summed E-state index contributed by atoms with van der Waals surface area (Å²) < 4.78 is 0. The van der Waals surface area contributed by atoms with E-state index in [1.54, 1.807) is 11.8 Å². The van der Waals surface area contributed by atoms with Gasteiger partial charge < -0.3 is 0 Å². The van der Waals surface area contributed by atoms with Crippen molar-refractivity contribution in [3.63, 3.8) is 0 Å². The monoisotopic (exact) mass is 268 g/mol. The molecular formula is C13H10Cl2S. The average Bonchev–Trinajstić information content (AvgIpc) is 2.30. The molecule has 2 rings (SSSR count). The lowest BCUT2D eigenvalue weighted by Gasteiger charge is -2.02. The van der Waals surface area contributed by atoms with E-state index < -0.39 is 0 Å². The summed E-state index contributed by atoms with van der Waals surface area (Å²) >= 11 is 13.4. The quantitative estimate of drug-likeness (QED) is 0.687. The Balaban J connectivity index is 2.14. The number of rotatable bonds is 3. The molecule has 0 unspecified atom stereocenters. The highest BCUT2D eigenvalue weighted by Crippen LogP contribution is 2.29. The van der Waals surface area contributed by atoms with E-state index in [2.05, 4.69) is 12.1 Å². The fourth-order valence-electron chi connectivity index (χ4n) is 1.31.